The molecule has 0 radical (unpaired) electrons. The van der Waals surface area contributed by atoms with Crippen LogP contribution in [0.25, 0.3) is 5.65 Å². The lowest BCUT2D eigenvalue weighted by Gasteiger charge is -2.10. The maximum atomic E-state index is 10.9. The first-order chi connectivity index (χ1) is 9.01. The Hall–Kier alpha value is -2.41. The van der Waals surface area contributed by atoms with Crippen molar-refractivity contribution >= 4 is 17.6 Å². The Bertz CT molecular complexity index is 634. The van der Waals surface area contributed by atoms with Crippen LogP contribution >= 0.6 is 0 Å². The average molecular weight is 264 g/mol. The summed E-state index contributed by atoms with van der Waals surface area (Å²) in [4.78, 5) is 25.6. The number of aromatic carboxylic acids is 1. The summed E-state index contributed by atoms with van der Waals surface area (Å²) in [6.07, 6.45) is 2.29. The van der Waals surface area contributed by atoms with Crippen LogP contribution in [0.1, 0.15) is 16.1 Å². The fourth-order valence-electron chi connectivity index (χ4n) is 1.75. The molecular formula is C12H12N2O5. The van der Waals surface area contributed by atoms with Crippen molar-refractivity contribution in [2.24, 2.45) is 0 Å². The number of nitrogens with zero attached hydrogens (tertiary/aromatic N) is 2. The number of carbonyl (C=O) groups is 2. The minimum atomic E-state index is -1.11. The molecule has 0 bridgehead atoms. The summed E-state index contributed by atoms with van der Waals surface area (Å²) in [6.45, 7) is 0. The molecule has 2 aromatic heterocycles. The number of ether oxygens (including phenoxy) is 1. The summed E-state index contributed by atoms with van der Waals surface area (Å²) in [5.74, 6) is -2.15. The summed E-state index contributed by atoms with van der Waals surface area (Å²) in [6, 6.07) is 3.33. The lowest BCUT2D eigenvalue weighted by atomic mass is 10.1. The van der Waals surface area contributed by atoms with E-state index in [-0.39, 0.29) is 12.1 Å². The molecule has 7 heteroatoms. The highest BCUT2D eigenvalue weighted by Crippen LogP contribution is 2.11. The van der Waals surface area contributed by atoms with Crippen LogP contribution in [0.2, 0.25) is 0 Å². The molecule has 2 aromatic rings. The van der Waals surface area contributed by atoms with Gasteiger partial charge in [0.2, 0.25) is 0 Å². The number of imidazole rings is 1. The second-order valence-corrected chi connectivity index (χ2v) is 4.00. The number of aliphatic carboxylic acids is 1. The Kier molecular flexibility index (Phi) is 3.48. The second-order valence-electron chi connectivity index (χ2n) is 4.00. The van der Waals surface area contributed by atoms with Gasteiger partial charge in [0.25, 0.3) is 0 Å². The van der Waals surface area contributed by atoms with Gasteiger partial charge in [-0.15, -0.1) is 0 Å². The van der Waals surface area contributed by atoms with E-state index in [9.17, 15) is 9.59 Å². The monoisotopic (exact) mass is 264 g/mol. The molecule has 2 rings (SSSR count). The zero-order valence-corrected chi connectivity index (χ0v) is 10.1. The van der Waals surface area contributed by atoms with Crippen molar-refractivity contribution in [3.8, 4) is 0 Å². The van der Waals surface area contributed by atoms with E-state index in [0.717, 1.165) is 5.56 Å². The molecule has 0 spiro atoms. The van der Waals surface area contributed by atoms with Crippen molar-refractivity contribution in [1.82, 2.24) is 9.38 Å². The van der Waals surface area contributed by atoms with Crippen LogP contribution in [0, 0.1) is 0 Å². The number of methoxy groups -OCH3 is 1. The molecule has 100 valence electrons. The van der Waals surface area contributed by atoms with E-state index in [1.165, 1.54) is 13.3 Å². The molecule has 7 nitrogen and oxygen atoms in total. The standard InChI is InChI=1S/C12H12N2O5/c1-19-9(12(17)18)4-7-2-3-10-13-8(11(15)16)6-14(10)5-7/h2-3,5-6,9H,4H2,1H3,(H,15,16)(H,17,18). The molecule has 0 aliphatic rings. The summed E-state index contributed by atoms with van der Waals surface area (Å²) >= 11 is 0. The highest BCUT2D eigenvalue weighted by Gasteiger charge is 2.17. The van der Waals surface area contributed by atoms with Crippen LogP contribution < -0.4 is 0 Å². The van der Waals surface area contributed by atoms with Crippen LogP contribution in [0.15, 0.2) is 24.5 Å². The fourth-order valence-corrected chi connectivity index (χ4v) is 1.75. The molecule has 2 heterocycles. The van der Waals surface area contributed by atoms with E-state index in [0.29, 0.717) is 5.65 Å². The summed E-state index contributed by atoms with van der Waals surface area (Å²) in [5, 5.41) is 17.7. The van der Waals surface area contributed by atoms with Gasteiger partial charge in [-0.2, -0.15) is 0 Å². The molecular weight excluding hydrogens is 252 g/mol. The number of pyridine rings is 1. The molecule has 1 atom stereocenters. The Labute approximate surface area is 108 Å². The molecule has 1 unspecified atom stereocenters. The zero-order valence-electron chi connectivity index (χ0n) is 10.1. The van der Waals surface area contributed by atoms with Gasteiger partial charge in [-0.1, -0.05) is 6.07 Å². The number of hydrogen-bond acceptors (Lipinski definition) is 4. The highest BCUT2D eigenvalue weighted by atomic mass is 16.5. The van der Waals surface area contributed by atoms with E-state index in [2.05, 4.69) is 4.98 Å². The minimum absolute atomic E-state index is 0.0568. The van der Waals surface area contributed by atoms with E-state index >= 15 is 0 Å². The van der Waals surface area contributed by atoms with Gasteiger partial charge in [0.15, 0.2) is 11.8 Å². The SMILES string of the molecule is COC(Cc1ccc2nc(C(=O)O)cn2c1)C(=O)O. The molecule has 0 aliphatic carbocycles. The van der Waals surface area contributed by atoms with Crippen molar-refractivity contribution in [3.05, 3.63) is 35.8 Å². The van der Waals surface area contributed by atoms with Crippen molar-refractivity contribution in [3.63, 3.8) is 0 Å². The lowest BCUT2D eigenvalue weighted by molar-refractivity contribution is -0.148. The first kappa shape index (κ1) is 13.0. The Morgan fingerprint density at radius 2 is 2.11 bits per heavy atom. The molecule has 0 fully saturated rings. The molecule has 0 aromatic carbocycles. The Morgan fingerprint density at radius 1 is 1.37 bits per heavy atom. The number of fused-ring (bicyclic) bond motifs is 1. The molecule has 0 saturated heterocycles. The van der Waals surface area contributed by atoms with Gasteiger partial charge in [-0.3, -0.25) is 0 Å². The van der Waals surface area contributed by atoms with Gasteiger partial charge in [0.1, 0.15) is 5.65 Å². The largest absolute Gasteiger partial charge is 0.479 e. The quantitative estimate of drug-likeness (QED) is 0.823. The summed E-state index contributed by atoms with van der Waals surface area (Å²) in [5.41, 5.74) is 1.15. The Morgan fingerprint density at radius 3 is 2.68 bits per heavy atom. The van der Waals surface area contributed by atoms with E-state index in [1.54, 1.807) is 22.7 Å². The van der Waals surface area contributed by atoms with Gasteiger partial charge in [0.05, 0.1) is 0 Å². The zero-order chi connectivity index (χ0) is 14.0. The van der Waals surface area contributed by atoms with E-state index < -0.39 is 18.0 Å². The number of rotatable bonds is 5. The van der Waals surface area contributed by atoms with Crippen molar-refractivity contribution < 1.29 is 24.5 Å². The molecule has 0 saturated carbocycles. The number of carboxylic acid groups (broad SMARTS) is 2. The maximum absolute atomic E-state index is 10.9. The Balaban J connectivity index is 2.30. The van der Waals surface area contributed by atoms with Crippen LogP contribution in [0.4, 0.5) is 0 Å². The van der Waals surface area contributed by atoms with Crippen molar-refractivity contribution in [2.75, 3.05) is 7.11 Å². The first-order valence-corrected chi connectivity index (χ1v) is 5.48. The summed E-state index contributed by atoms with van der Waals surface area (Å²) in [7, 11) is 1.33. The highest BCUT2D eigenvalue weighted by molar-refractivity contribution is 5.86. The number of aromatic nitrogens is 2. The van der Waals surface area contributed by atoms with Crippen LogP contribution in [0.5, 0.6) is 0 Å². The van der Waals surface area contributed by atoms with Crippen LogP contribution in [-0.4, -0.2) is 44.8 Å². The predicted molar refractivity (Wildman–Crippen MR) is 64.3 cm³/mol. The van der Waals surface area contributed by atoms with Crippen LogP contribution in [0.3, 0.4) is 0 Å². The lowest BCUT2D eigenvalue weighted by Crippen LogP contribution is -2.24. The van der Waals surface area contributed by atoms with Gasteiger partial charge in [0, 0.05) is 25.9 Å². The number of carboxylic acids is 2. The third kappa shape index (κ3) is 2.71. The molecule has 2 N–H and O–H groups in total. The number of hydrogen-bond donors (Lipinski definition) is 2. The van der Waals surface area contributed by atoms with Gasteiger partial charge >= 0.3 is 11.9 Å². The van der Waals surface area contributed by atoms with Crippen LogP contribution in [-0.2, 0) is 16.0 Å². The second kappa shape index (κ2) is 5.07. The predicted octanol–water partition coefficient (Wildman–Crippen LogP) is 0.675. The third-order valence-corrected chi connectivity index (χ3v) is 2.71. The minimum Gasteiger partial charge on any atom is -0.479 e. The fraction of sp³-hybridized carbons (Fsp3) is 0.250. The first-order valence-electron chi connectivity index (χ1n) is 5.48. The average Bonchev–Trinajstić information content (AvgIpc) is 2.78. The van der Waals surface area contributed by atoms with E-state index in [1.807, 2.05) is 0 Å². The van der Waals surface area contributed by atoms with Crippen molar-refractivity contribution in [2.45, 2.75) is 12.5 Å². The molecule has 0 amide bonds. The van der Waals surface area contributed by atoms with Crippen molar-refractivity contribution in [1.29, 1.82) is 0 Å². The molecule has 0 aliphatic heterocycles. The third-order valence-electron chi connectivity index (χ3n) is 2.71. The van der Waals surface area contributed by atoms with Gasteiger partial charge in [-0.05, 0) is 11.6 Å². The normalized spacial score (nSPS) is 12.5. The van der Waals surface area contributed by atoms with Gasteiger partial charge < -0.3 is 19.4 Å². The summed E-state index contributed by atoms with van der Waals surface area (Å²) < 4.78 is 6.40. The molecule has 19 heavy (non-hydrogen) atoms. The smallest absolute Gasteiger partial charge is 0.356 e. The maximum Gasteiger partial charge on any atom is 0.356 e. The topological polar surface area (TPSA) is 101 Å². The van der Waals surface area contributed by atoms with E-state index in [4.69, 9.17) is 14.9 Å². The van der Waals surface area contributed by atoms with Gasteiger partial charge in [-0.25, -0.2) is 14.6 Å².